The van der Waals surface area contributed by atoms with Crippen LogP contribution < -0.4 is 0 Å². The minimum absolute atomic E-state index is 0.0497. The predicted molar refractivity (Wildman–Crippen MR) is 113 cm³/mol. The molecule has 3 rings (SSSR count). The molecule has 0 radical (unpaired) electrons. The molecule has 0 bridgehead atoms. The van der Waals surface area contributed by atoms with Crippen molar-refractivity contribution in [2.24, 2.45) is 5.92 Å². The summed E-state index contributed by atoms with van der Waals surface area (Å²) in [6, 6.07) is 11.5. The lowest BCUT2D eigenvalue weighted by Crippen LogP contribution is -2.07. The molecule has 1 unspecified atom stereocenters. The van der Waals surface area contributed by atoms with Crippen LogP contribution in [0.5, 0.6) is 0 Å². The molecule has 0 spiro atoms. The first-order chi connectivity index (χ1) is 12.8. The van der Waals surface area contributed by atoms with E-state index in [0.717, 1.165) is 28.5 Å². The molecule has 27 heavy (non-hydrogen) atoms. The van der Waals surface area contributed by atoms with Gasteiger partial charge in [-0.3, -0.25) is 4.79 Å². The van der Waals surface area contributed by atoms with Crippen LogP contribution in [0.3, 0.4) is 0 Å². The molecule has 0 fully saturated rings. The molecule has 1 N–H and O–H groups in total. The van der Waals surface area contributed by atoms with Crippen LogP contribution in [0.15, 0.2) is 42.6 Å². The van der Waals surface area contributed by atoms with Gasteiger partial charge in [0.2, 0.25) is 0 Å². The Kier molecular flexibility index (Phi) is 5.83. The smallest absolute Gasteiger partial charge is 0.323 e. The summed E-state index contributed by atoms with van der Waals surface area (Å²) in [5.74, 6) is 0.0463. The van der Waals surface area contributed by atoms with E-state index < -0.39 is 5.97 Å². The van der Waals surface area contributed by atoms with E-state index in [2.05, 4.69) is 26.8 Å². The van der Waals surface area contributed by atoms with Crippen LogP contribution in [0.1, 0.15) is 38.7 Å². The van der Waals surface area contributed by atoms with Crippen molar-refractivity contribution in [3.63, 3.8) is 0 Å². The highest BCUT2D eigenvalue weighted by atomic mass is 35.5. The zero-order valence-electron chi connectivity index (χ0n) is 15.7. The number of hydrogen-bond donors (Lipinski definition) is 1. The Morgan fingerprint density at radius 2 is 1.85 bits per heavy atom. The quantitative estimate of drug-likeness (QED) is 0.488. The average Bonchev–Trinajstić information content (AvgIpc) is 2.91. The fourth-order valence-corrected chi connectivity index (χ4v) is 4.24. The van der Waals surface area contributed by atoms with Crippen molar-refractivity contribution in [1.82, 2.24) is 4.57 Å². The van der Waals surface area contributed by atoms with Gasteiger partial charge in [-0.15, -0.1) is 0 Å². The van der Waals surface area contributed by atoms with Crippen molar-refractivity contribution >= 4 is 40.1 Å². The number of aromatic nitrogens is 1. The summed E-state index contributed by atoms with van der Waals surface area (Å²) in [4.78, 5) is 11.3. The third-order valence-corrected chi connectivity index (χ3v) is 5.36. The number of halogens is 2. The van der Waals surface area contributed by atoms with Gasteiger partial charge in [-0.05, 0) is 53.6 Å². The minimum Gasteiger partial charge on any atom is -0.480 e. The van der Waals surface area contributed by atoms with Gasteiger partial charge in [0.1, 0.15) is 6.54 Å². The lowest BCUT2D eigenvalue weighted by atomic mass is 9.91. The largest absolute Gasteiger partial charge is 0.480 e. The Morgan fingerprint density at radius 1 is 1.11 bits per heavy atom. The maximum Gasteiger partial charge on any atom is 0.323 e. The van der Waals surface area contributed by atoms with Crippen LogP contribution in [0.25, 0.3) is 22.0 Å². The molecule has 0 saturated heterocycles. The Balaban J connectivity index is 2.16. The number of aliphatic carboxylic acids is 1. The molecule has 2 aromatic carbocycles. The summed E-state index contributed by atoms with van der Waals surface area (Å²) in [5, 5.41) is 11.5. The van der Waals surface area contributed by atoms with E-state index in [9.17, 15) is 9.90 Å². The predicted octanol–water partition coefficient (Wildman–Crippen LogP) is 6.85. The molecular weight excluding hydrogens is 381 g/mol. The zero-order valence-corrected chi connectivity index (χ0v) is 17.2. The standard InChI is InChI=1S/C22H23Cl2NO2/c1-13(2)8-14(3)19-11-25(12-22(26)27)21-7-4-15(9-18(19)21)17-6-5-16(23)10-20(17)24/h4-7,9-11,13-14H,8,12H2,1-3H3,(H,26,27). The van der Waals surface area contributed by atoms with E-state index in [1.165, 1.54) is 5.56 Å². The number of benzene rings is 2. The van der Waals surface area contributed by atoms with Gasteiger partial charge in [-0.1, -0.05) is 56.1 Å². The first-order valence-corrected chi connectivity index (χ1v) is 9.82. The summed E-state index contributed by atoms with van der Waals surface area (Å²) in [5.41, 5.74) is 4.01. The van der Waals surface area contributed by atoms with E-state index in [1.807, 2.05) is 35.0 Å². The second-order valence-corrected chi connectivity index (χ2v) is 8.34. The molecule has 0 aliphatic rings. The molecule has 3 nitrogen and oxygen atoms in total. The van der Waals surface area contributed by atoms with Crippen LogP contribution >= 0.6 is 23.2 Å². The second kappa shape index (κ2) is 7.95. The van der Waals surface area contributed by atoms with E-state index in [0.29, 0.717) is 21.9 Å². The summed E-state index contributed by atoms with van der Waals surface area (Å²) in [6.07, 6.45) is 3.02. The van der Waals surface area contributed by atoms with Gasteiger partial charge < -0.3 is 9.67 Å². The van der Waals surface area contributed by atoms with Gasteiger partial charge in [0.05, 0.1) is 0 Å². The lowest BCUT2D eigenvalue weighted by molar-refractivity contribution is -0.137. The number of fused-ring (bicyclic) bond motifs is 1. The highest BCUT2D eigenvalue weighted by molar-refractivity contribution is 6.36. The third kappa shape index (κ3) is 4.31. The van der Waals surface area contributed by atoms with Crippen molar-refractivity contribution < 1.29 is 9.90 Å². The summed E-state index contributed by atoms with van der Waals surface area (Å²) >= 11 is 12.4. The normalized spacial score (nSPS) is 12.7. The topological polar surface area (TPSA) is 42.2 Å². The Labute approximate surface area is 169 Å². The van der Waals surface area contributed by atoms with Crippen LogP contribution in [0.4, 0.5) is 0 Å². The van der Waals surface area contributed by atoms with E-state index in [4.69, 9.17) is 23.2 Å². The Morgan fingerprint density at radius 3 is 2.48 bits per heavy atom. The highest BCUT2D eigenvalue weighted by Gasteiger charge is 2.18. The number of carbonyl (C=O) groups is 1. The maximum absolute atomic E-state index is 11.3. The molecule has 3 aromatic rings. The molecule has 1 atom stereocenters. The molecule has 0 saturated carbocycles. The number of rotatable bonds is 6. The number of hydrogen-bond acceptors (Lipinski definition) is 1. The lowest BCUT2D eigenvalue weighted by Gasteiger charge is -2.13. The average molecular weight is 404 g/mol. The van der Waals surface area contributed by atoms with Crippen molar-refractivity contribution in [3.8, 4) is 11.1 Å². The van der Waals surface area contributed by atoms with Crippen LogP contribution in [0.2, 0.25) is 10.0 Å². The summed E-state index contributed by atoms with van der Waals surface area (Å²) in [7, 11) is 0. The third-order valence-electron chi connectivity index (χ3n) is 4.82. The monoisotopic (exact) mass is 403 g/mol. The van der Waals surface area contributed by atoms with E-state index in [-0.39, 0.29) is 6.54 Å². The van der Waals surface area contributed by atoms with Crippen molar-refractivity contribution in [3.05, 3.63) is 58.2 Å². The van der Waals surface area contributed by atoms with Gasteiger partial charge in [0.25, 0.3) is 0 Å². The van der Waals surface area contributed by atoms with Gasteiger partial charge >= 0.3 is 5.97 Å². The fourth-order valence-electron chi connectivity index (χ4n) is 3.72. The Bertz CT molecular complexity index is 991. The molecule has 5 heteroatoms. The van der Waals surface area contributed by atoms with Gasteiger partial charge in [-0.25, -0.2) is 0 Å². The maximum atomic E-state index is 11.3. The summed E-state index contributed by atoms with van der Waals surface area (Å²) in [6.45, 7) is 6.55. The van der Waals surface area contributed by atoms with Gasteiger partial charge in [0, 0.05) is 32.7 Å². The SMILES string of the molecule is CC(C)CC(C)c1cn(CC(=O)O)c2ccc(-c3ccc(Cl)cc3Cl)cc12. The minimum atomic E-state index is -0.847. The zero-order chi connectivity index (χ0) is 19.7. The number of carboxylic acid groups (broad SMARTS) is 1. The number of carboxylic acids is 1. The van der Waals surface area contributed by atoms with Crippen LogP contribution in [0, 0.1) is 5.92 Å². The highest BCUT2D eigenvalue weighted by Crippen LogP contribution is 2.36. The van der Waals surface area contributed by atoms with E-state index >= 15 is 0 Å². The number of nitrogens with zero attached hydrogens (tertiary/aromatic N) is 1. The molecule has 1 heterocycles. The van der Waals surface area contributed by atoms with Crippen molar-refractivity contribution in [2.75, 3.05) is 0 Å². The van der Waals surface area contributed by atoms with Gasteiger partial charge in [0.15, 0.2) is 0 Å². The second-order valence-electron chi connectivity index (χ2n) is 7.49. The molecule has 0 amide bonds. The molecule has 1 aromatic heterocycles. The van der Waals surface area contributed by atoms with Crippen LogP contribution in [-0.4, -0.2) is 15.6 Å². The Hall–Kier alpha value is -1.97. The van der Waals surface area contributed by atoms with Crippen molar-refractivity contribution in [2.45, 2.75) is 39.7 Å². The van der Waals surface area contributed by atoms with Crippen LogP contribution in [-0.2, 0) is 11.3 Å². The molecule has 0 aliphatic heterocycles. The first kappa shape index (κ1) is 19.8. The first-order valence-electron chi connectivity index (χ1n) is 9.06. The summed E-state index contributed by atoms with van der Waals surface area (Å²) < 4.78 is 1.82. The molecule has 142 valence electrons. The molecule has 0 aliphatic carbocycles. The van der Waals surface area contributed by atoms with Gasteiger partial charge in [-0.2, -0.15) is 0 Å². The fraction of sp³-hybridized carbons (Fsp3) is 0.318. The molecular formula is C22H23Cl2NO2. The van der Waals surface area contributed by atoms with E-state index in [1.54, 1.807) is 6.07 Å². The van der Waals surface area contributed by atoms with Crippen molar-refractivity contribution in [1.29, 1.82) is 0 Å².